The molecule has 0 saturated carbocycles. The molecule has 2 aliphatic rings. The molecule has 0 radical (unpaired) electrons. The van der Waals surface area contributed by atoms with Gasteiger partial charge in [-0.3, -0.25) is 9.59 Å². The molecule has 18 nitrogen and oxygen atoms in total. The van der Waals surface area contributed by atoms with Crippen molar-refractivity contribution in [3.8, 4) is 11.6 Å². The Bertz CT molecular complexity index is 2670. The van der Waals surface area contributed by atoms with Gasteiger partial charge < -0.3 is 30.7 Å². The Kier molecular flexibility index (Phi) is 14.5. The summed E-state index contributed by atoms with van der Waals surface area (Å²) in [7, 11) is -3.58. The lowest BCUT2D eigenvalue weighted by atomic mass is 10.3. The highest BCUT2D eigenvalue weighted by molar-refractivity contribution is 7.90. The molecule has 0 unspecified atom stereocenters. The summed E-state index contributed by atoms with van der Waals surface area (Å²) in [6.07, 6.45) is 1.09. The normalized spacial score (nSPS) is 14.0. The number of nitrogen functional groups attached to an aromatic ring is 1. The molecule has 8 rings (SSSR count). The summed E-state index contributed by atoms with van der Waals surface area (Å²) in [6, 6.07) is 19.3. The number of aryl methyl sites for hydroxylation is 4. The van der Waals surface area contributed by atoms with E-state index in [1.807, 2.05) is 55.7 Å². The molecule has 2 saturated heterocycles. The Balaban J connectivity index is 0.000000182. The fourth-order valence-electron chi connectivity index (χ4n) is 6.93. The van der Waals surface area contributed by atoms with Crippen LogP contribution in [-0.2, 0) is 19.4 Å². The van der Waals surface area contributed by atoms with Crippen LogP contribution in [0, 0.1) is 39.3 Å². The SMILES string of the molecule is CC(=O)N1CCN(c2cc(-n3nc(C)cc3C)nc(Nc3ccc(F)cc3)n2)CC1.CC(=O)N1CCN(c2cc(-n3nc(C)cc3C)nc(S(C)(=O)=O)n2)CC1.Nc1ccc(F)cc1. The van der Waals surface area contributed by atoms with Crippen molar-refractivity contribution >= 4 is 50.6 Å². The Labute approximate surface area is 370 Å². The second-order valence-electron chi connectivity index (χ2n) is 15.4. The van der Waals surface area contributed by atoms with Gasteiger partial charge in [0.05, 0.1) is 11.4 Å². The van der Waals surface area contributed by atoms with Gasteiger partial charge in [0.1, 0.15) is 23.3 Å². The van der Waals surface area contributed by atoms with Gasteiger partial charge in [0.25, 0.3) is 5.16 Å². The number of aromatic nitrogens is 8. The van der Waals surface area contributed by atoms with E-state index in [0.29, 0.717) is 87.1 Å². The summed E-state index contributed by atoms with van der Waals surface area (Å²) in [4.78, 5) is 48.6. The molecule has 0 bridgehead atoms. The van der Waals surface area contributed by atoms with Crippen molar-refractivity contribution < 1.29 is 26.8 Å². The van der Waals surface area contributed by atoms with Crippen molar-refractivity contribution in [2.24, 2.45) is 0 Å². The minimum atomic E-state index is -3.58. The number of carbonyl (C=O) groups is 2. The average molecular weight is 899 g/mol. The number of nitrogens with one attached hydrogen (secondary N) is 1. The maximum Gasteiger partial charge on any atom is 0.250 e. The molecule has 2 aliphatic heterocycles. The number of rotatable bonds is 7. The molecule has 0 atom stereocenters. The van der Waals surface area contributed by atoms with Crippen LogP contribution < -0.4 is 20.9 Å². The van der Waals surface area contributed by atoms with Gasteiger partial charge in [-0.15, -0.1) is 0 Å². The monoisotopic (exact) mass is 898 g/mol. The predicted octanol–water partition coefficient (Wildman–Crippen LogP) is 4.59. The second kappa shape index (κ2) is 20.0. The largest absolute Gasteiger partial charge is 0.399 e. The lowest BCUT2D eigenvalue weighted by molar-refractivity contribution is -0.129. The van der Waals surface area contributed by atoms with Crippen molar-refractivity contribution in [1.29, 1.82) is 0 Å². The van der Waals surface area contributed by atoms with Gasteiger partial charge >= 0.3 is 0 Å². The third kappa shape index (κ3) is 12.1. The van der Waals surface area contributed by atoms with Crippen molar-refractivity contribution in [3.63, 3.8) is 0 Å². The summed E-state index contributed by atoms with van der Waals surface area (Å²) < 4.78 is 52.8. The Morgan fingerprint density at radius 2 is 0.984 bits per heavy atom. The number of nitrogens with zero attached hydrogens (tertiary/aromatic N) is 12. The van der Waals surface area contributed by atoms with E-state index in [1.165, 1.54) is 36.4 Å². The molecule has 64 heavy (non-hydrogen) atoms. The van der Waals surface area contributed by atoms with Crippen LogP contribution in [0.4, 0.5) is 37.7 Å². The van der Waals surface area contributed by atoms with Crippen molar-refractivity contribution in [3.05, 3.63) is 107 Å². The van der Waals surface area contributed by atoms with E-state index >= 15 is 0 Å². The molecule has 6 aromatic rings. The number of sulfone groups is 1. The maximum atomic E-state index is 13.2. The molecule has 0 spiro atoms. The number of hydrogen-bond acceptors (Lipinski definition) is 14. The van der Waals surface area contributed by atoms with Gasteiger partial charge in [-0.25, -0.2) is 31.5 Å². The number of amides is 2. The zero-order valence-corrected chi connectivity index (χ0v) is 37.6. The third-order valence-corrected chi connectivity index (χ3v) is 11.1. The minimum Gasteiger partial charge on any atom is -0.399 e. The van der Waals surface area contributed by atoms with Crippen LogP contribution in [0.5, 0.6) is 0 Å². The summed E-state index contributed by atoms with van der Waals surface area (Å²) in [5.74, 6) is 2.29. The Hall–Kier alpha value is -7.03. The molecule has 338 valence electrons. The van der Waals surface area contributed by atoms with Crippen LogP contribution in [0.15, 0.2) is 78.0 Å². The maximum absolute atomic E-state index is 13.2. The van der Waals surface area contributed by atoms with Crippen LogP contribution >= 0.6 is 0 Å². The molecule has 6 heterocycles. The average Bonchev–Trinajstić information content (AvgIpc) is 3.80. The number of benzene rings is 2. The Morgan fingerprint density at radius 1 is 0.594 bits per heavy atom. The Morgan fingerprint density at radius 3 is 1.38 bits per heavy atom. The highest BCUT2D eigenvalue weighted by Crippen LogP contribution is 2.24. The van der Waals surface area contributed by atoms with Crippen LogP contribution in [-0.4, -0.2) is 128 Å². The van der Waals surface area contributed by atoms with Crippen LogP contribution in [0.2, 0.25) is 0 Å². The molecule has 2 aromatic carbocycles. The number of anilines is 5. The minimum absolute atomic E-state index is 0.0347. The smallest absolute Gasteiger partial charge is 0.250 e. The first-order valence-electron chi connectivity index (χ1n) is 20.4. The van der Waals surface area contributed by atoms with E-state index in [0.717, 1.165) is 34.8 Å². The molecule has 2 amide bonds. The van der Waals surface area contributed by atoms with Crippen molar-refractivity contribution in [2.75, 3.05) is 79.5 Å². The lowest BCUT2D eigenvalue weighted by Gasteiger charge is -2.35. The van der Waals surface area contributed by atoms with E-state index in [9.17, 15) is 26.8 Å². The fourth-order valence-corrected chi connectivity index (χ4v) is 7.45. The number of piperazine rings is 2. The first kappa shape index (κ1) is 46.5. The summed E-state index contributed by atoms with van der Waals surface area (Å²) >= 11 is 0. The van der Waals surface area contributed by atoms with Crippen LogP contribution in [0.1, 0.15) is 36.6 Å². The van der Waals surface area contributed by atoms with Gasteiger partial charge in [0.15, 0.2) is 11.6 Å². The number of nitrogens with two attached hydrogens (primary N) is 1. The van der Waals surface area contributed by atoms with Gasteiger partial charge in [-0.2, -0.15) is 25.1 Å². The lowest BCUT2D eigenvalue weighted by Crippen LogP contribution is -2.48. The zero-order chi connectivity index (χ0) is 46.3. The first-order valence-corrected chi connectivity index (χ1v) is 22.3. The standard InChI is InChI=1S/C21H24FN7O.C16H22N6O3S.C6H6FN/c1-14-12-15(2)29(26-14)20-13-19(28-10-8-27(9-11-28)16(3)30)24-21(25-20)23-18-6-4-17(22)5-7-18;1-11-9-12(2)22(19-11)15-10-14(17-16(18-15)26(4,24)25)21-7-5-20(6-8-21)13(3)23;7-5-1-3-6(8)4-2-5/h4-7,12-13H,8-11H2,1-3H3,(H,23,24,25);9-10H,5-8H2,1-4H3;1-4H,8H2. The summed E-state index contributed by atoms with van der Waals surface area (Å²) in [6.45, 7) is 15.8. The topological polar surface area (TPSA) is 206 Å². The van der Waals surface area contributed by atoms with Gasteiger partial charge in [0, 0.05) is 107 Å². The van der Waals surface area contributed by atoms with Gasteiger partial charge in [-0.05, 0) is 88.4 Å². The number of hydrogen-bond donors (Lipinski definition) is 2. The van der Waals surface area contributed by atoms with E-state index in [4.69, 9.17) is 5.73 Å². The summed E-state index contributed by atoms with van der Waals surface area (Å²) in [5, 5.41) is 11.8. The summed E-state index contributed by atoms with van der Waals surface area (Å²) in [5.41, 5.74) is 10.1. The van der Waals surface area contributed by atoms with Crippen LogP contribution in [0.3, 0.4) is 0 Å². The molecule has 4 aromatic heterocycles. The molecule has 21 heteroatoms. The van der Waals surface area contributed by atoms with E-state index in [1.54, 1.807) is 46.3 Å². The molecule has 2 fully saturated rings. The third-order valence-electron chi connectivity index (χ3n) is 10.2. The highest BCUT2D eigenvalue weighted by atomic mass is 32.2. The van der Waals surface area contributed by atoms with E-state index in [2.05, 4.69) is 40.3 Å². The van der Waals surface area contributed by atoms with Crippen molar-refractivity contribution in [1.82, 2.24) is 49.3 Å². The van der Waals surface area contributed by atoms with E-state index < -0.39 is 9.84 Å². The number of halogens is 2. The predicted molar refractivity (Wildman–Crippen MR) is 240 cm³/mol. The van der Waals surface area contributed by atoms with Crippen molar-refractivity contribution in [2.45, 2.75) is 46.7 Å². The van der Waals surface area contributed by atoms with E-state index in [-0.39, 0.29) is 28.6 Å². The molecular weight excluding hydrogens is 847 g/mol. The highest BCUT2D eigenvalue weighted by Gasteiger charge is 2.24. The molecule has 3 N–H and O–H groups in total. The van der Waals surface area contributed by atoms with Crippen LogP contribution in [0.25, 0.3) is 11.6 Å². The second-order valence-corrected chi connectivity index (χ2v) is 17.3. The quantitative estimate of drug-likeness (QED) is 0.166. The first-order chi connectivity index (χ1) is 30.3. The molecule has 0 aliphatic carbocycles. The zero-order valence-electron chi connectivity index (χ0n) is 36.8. The van der Waals surface area contributed by atoms with Gasteiger partial charge in [0.2, 0.25) is 27.6 Å². The van der Waals surface area contributed by atoms with Gasteiger partial charge in [-0.1, -0.05) is 0 Å². The fraction of sp³-hybridized carbons (Fsp3) is 0.349. The molecular formula is C43H52F2N14O4S. The number of carbonyl (C=O) groups excluding carboxylic acids is 2.